The van der Waals surface area contributed by atoms with Gasteiger partial charge in [-0.3, -0.25) is 10.1 Å². The number of nitrogens with zero attached hydrogens (tertiary/aromatic N) is 2. The maximum Gasteiger partial charge on any atom is 0.278 e. The highest BCUT2D eigenvalue weighted by atomic mass is 16.6. The van der Waals surface area contributed by atoms with Gasteiger partial charge in [-0.05, 0) is 0 Å². The van der Waals surface area contributed by atoms with Crippen molar-refractivity contribution < 1.29 is 19.1 Å². The molecular formula is C10H15N3O5. The number of pyridine rings is 1. The molecule has 18 heavy (non-hydrogen) atoms. The maximum atomic E-state index is 10.6. The van der Waals surface area contributed by atoms with Crippen molar-refractivity contribution in [2.24, 2.45) is 0 Å². The standard InChI is InChI=1S/C10H15N3O5/c1-16-2-3-17-4-5-18-10-7-8(13(14)15)6-9(11)12-10/h6-7H,2-5H2,1H3,(H2,11,12). The third kappa shape index (κ3) is 4.93. The Morgan fingerprint density at radius 1 is 1.33 bits per heavy atom. The molecule has 0 amide bonds. The summed E-state index contributed by atoms with van der Waals surface area (Å²) in [5.74, 6) is 0.150. The summed E-state index contributed by atoms with van der Waals surface area (Å²) in [4.78, 5) is 13.8. The summed E-state index contributed by atoms with van der Waals surface area (Å²) >= 11 is 0. The molecule has 0 aromatic carbocycles. The number of nitrogens with two attached hydrogens (primary N) is 1. The molecule has 0 radical (unpaired) electrons. The van der Waals surface area contributed by atoms with E-state index in [1.165, 1.54) is 12.1 Å². The van der Waals surface area contributed by atoms with Gasteiger partial charge in [0.2, 0.25) is 5.88 Å². The van der Waals surface area contributed by atoms with Crippen LogP contribution in [0, 0.1) is 10.1 Å². The Bertz CT molecular complexity index is 399. The van der Waals surface area contributed by atoms with Crippen molar-refractivity contribution in [3.63, 3.8) is 0 Å². The average molecular weight is 257 g/mol. The second kappa shape index (κ2) is 7.41. The molecule has 0 aliphatic rings. The predicted octanol–water partition coefficient (Wildman–Crippen LogP) is 0.614. The molecule has 1 aromatic rings. The lowest BCUT2D eigenvalue weighted by Gasteiger charge is -2.06. The largest absolute Gasteiger partial charge is 0.475 e. The van der Waals surface area contributed by atoms with Crippen molar-refractivity contribution in [1.29, 1.82) is 0 Å². The predicted molar refractivity (Wildman–Crippen MR) is 63.5 cm³/mol. The van der Waals surface area contributed by atoms with Crippen LogP contribution >= 0.6 is 0 Å². The van der Waals surface area contributed by atoms with Gasteiger partial charge < -0.3 is 19.9 Å². The molecule has 2 N–H and O–H groups in total. The first-order valence-electron chi connectivity index (χ1n) is 5.25. The van der Waals surface area contributed by atoms with Gasteiger partial charge in [0.25, 0.3) is 5.69 Å². The summed E-state index contributed by atoms with van der Waals surface area (Å²) < 4.78 is 15.2. The Hall–Kier alpha value is -1.93. The summed E-state index contributed by atoms with van der Waals surface area (Å²) in [6.45, 7) is 1.54. The van der Waals surface area contributed by atoms with Crippen LogP contribution in [0.25, 0.3) is 0 Å². The number of methoxy groups -OCH3 is 1. The van der Waals surface area contributed by atoms with Crippen LogP contribution in [-0.2, 0) is 9.47 Å². The van der Waals surface area contributed by atoms with Crippen molar-refractivity contribution in [1.82, 2.24) is 4.98 Å². The summed E-state index contributed by atoms with van der Waals surface area (Å²) in [5.41, 5.74) is 5.27. The van der Waals surface area contributed by atoms with Crippen LogP contribution in [0.1, 0.15) is 0 Å². The first-order valence-corrected chi connectivity index (χ1v) is 5.25. The Morgan fingerprint density at radius 2 is 2.06 bits per heavy atom. The second-order valence-electron chi connectivity index (χ2n) is 3.30. The molecule has 0 bridgehead atoms. The molecule has 0 saturated carbocycles. The first-order chi connectivity index (χ1) is 8.63. The zero-order valence-electron chi connectivity index (χ0n) is 10.00. The van der Waals surface area contributed by atoms with Crippen molar-refractivity contribution in [2.45, 2.75) is 0 Å². The normalized spacial score (nSPS) is 10.3. The van der Waals surface area contributed by atoms with E-state index < -0.39 is 4.92 Å². The minimum Gasteiger partial charge on any atom is -0.475 e. The zero-order chi connectivity index (χ0) is 13.4. The number of nitrogen functional groups attached to an aromatic ring is 1. The molecule has 0 fully saturated rings. The highest BCUT2D eigenvalue weighted by Crippen LogP contribution is 2.20. The van der Waals surface area contributed by atoms with E-state index in [1.54, 1.807) is 7.11 Å². The Kier molecular flexibility index (Phi) is 5.81. The van der Waals surface area contributed by atoms with Crippen LogP contribution in [0.15, 0.2) is 12.1 Å². The van der Waals surface area contributed by atoms with Crippen LogP contribution in [-0.4, -0.2) is 43.4 Å². The van der Waals surface area contributed by atoms with Crippen molar-refractivity contribution in [3.8, 4) is 5.88 Å². The number of aromatic nitrogens is 1. The number of rotatable bonds is 8. The van der Waals surface area contributed by atoms with Crippen molar-refractivity contribution in [3.05, 3.63) is 22.2 Å². The van der Waals surface area contributed by atoms with Gasteiger partial charge in [0.1, 0.15) is 12.4 Å². The smallest absolute Gasteiger partial charge is 0.278 e. The Balaban J connectivity index is 2.40. The van der Waals surface area contributed by atoms with Gasteiger partial charge >= 0.3 is 0 Å². The fourth-order valence-electron chi connectivity index (χ4n) is 1.14. The molecule has 8 nitrogen and oxygen atoms in total. The zero-order valence-corrected chi connectivity index (χ0v) is 10.00. The van der Waals surface area contributed by atoms with Crippen LogP contribution < -0.4 is 10.5 Å². The molecule has 0 unspecified atom stereocenters. The summed E-state index contributed by atoms with van der Waals surface area (Å²) in [7, 11) is 1.58. The maximum absolute atomic E-state index is 10.6. The Morgan fingerprint density at radius 3 is 2.72 bits per heavy atom. The molecule has 1 rings (SSSR count). The van der Waals surface area contributed by atoms with Crippen molar-refractivity contribution >= 4 is 11.5 Å². The lowest BCUT2D eigenvalue weighted by atomic mass is 10.4. The molecule has 0 saturated heterocycles. The molecule has 8 heteroatoms. The fourth-order valence-corrected chi connectivity index (χ4v) is 1.14. The van der Waals surface area contributed by atoms with Gasteiger partial charge in [-0.2, -0.15) is 4.98 Å². The highest BCUT2D eigenvalue weighted by Gasteiger charge is 2.10. The summed E-state index contributed by atoms with van der Waals surface area (Å²) in [6.07, 6.45) is 0. The lowest BCUT2D eigenvalue weighted by Crippen LogP contribution is -2.11. The first kappa shape index (κ1) is 14.1. The van der Waals surface area contributed by atoms with E-state index in [0.717, 1.165) is 0 Å². The minimum absolute atomic E-state index is 0.0412. The van der Waals surface area contributed by atoms with E-state index >= 15 is 0 Å². The molecule has 0 aliphatic heterocycles. The molecule has 100 valence electrons. The minimum atomic E-state index is -0.556. The number of nitro groups is 1. The number of ether oxygens (including phenoxy) is 3. The Labute approximate surface area is 104 Å². The SMILES string of the molecule is COCCOCCOc1cc([N+](=O)[O-])cc(N)n1. The van der Waals surface area contributed by atoms with E-state index in [9.17, 15) is 10.1 Å². The molecular weight excluding hydrogens is 242 g/mol. The van der Waals surface area contributed by atoms with Gasteiger partial charge in [-0.1, -0.05) is 0 Å². The monoisotopic (exact) mass is 257 g/mol. The summed E-state index contributed by atoms with van der Waals surface area (Å²) in [5, 5.41) is 10.6. The van der Waals surface area contributed by atoms with E-state index in [0.29, 0.717) is 19.8 Å². The van der Waals surface area contributed by atoms with Gasteiger partial charge in [-0.25, -0.2) is 0 Å². The van der Waals surface area contributed by atoms with Crippen LogP contribution in [0.3, 0.4) is 0 Å². The van der Waals surface area contributed by atoms with Crippen LogP contribution in [0.5, 0.6) is 5.88 Å². The molecule has 0 aliphatic carbocycles. The van der Waals surface area contributed by atoms with Gasteiger partial charge in [0.15, 0.2) is 0 Å². The van der Waals surface area contributed by atoms with Crippen LogP contribution in [0.4, 0.5) is 11.5 Å². The molecule has 0 spiro atoms. The highest BCUT2D eigenvalue weighted by molar-refractivity contribution is 5.45. The fraction of sp³-hybridized carbons (Fsp3) is 0.500. The molecule has 1 aromatic heterocycles. The lowest BCUT2D eigenvalue weighted by molar-refractivity contribution is -0.384. The van der Waals surface area contributed by atoms with E-state index in [2.05, 4.69) is 4.98 Å². The summed E-state index contributed by atoms with van der Waals surface area (Å²) in [6, 6.07) is 2.38. The average Bonchev–Trinajstić information content (AvgIpc) is 2.33. The van der Waals surface area contributed by atoms with Crippen molar-refractivity contribution in [2.75, 3.05) is 39.3 Å². The molecule has 1 heterocycles. The van der Waals surface area contributed by atoms with Gasteiger partial charge in [0, 0.05) is 7.11 Å². The van der Waals surface area contributed by atoms with E-state index in [4.69, 9.17) is 19.9 Å². The topological polar surface area (TPSA) is 110 Å². The van der Waals surface area contributed by atoms with Gasteiger partial charge in [-0.15, -0.1) is 0 Å². The third-order valence-corrected chi connectivity index (χ3v) is 1.93. The number of anilines is 1. The third-order valence-electron chi connectivity index (χ3n) is 1.93. The number of hydrogen-bond donors (Lipinski definition) is 1. The second-order valence-corrected chi connectivity index (χ2v) is 3.30. The van der Waals surface area contributed by atoms with Gasteiger partial charge in [0.05, 0.1) is 36.9 Å². The molecule has 0 atom stereocenters. The number of hydrogen-bond acceptors (Lipinski definition) is 7. The quantitative estimate of drug-likeness (QED) is 0.412. The van der Waals surface area contributed by atoms with E-state index in [-0.39, 0.29) is 24.0 Å². The van der Waals surface area contributed by atoms with E-state index in [1.807, 2.05) is 0 Å². The van der Waals surface area contributed by atoms with Crippen LogP contribution in [0.2, 0.25) is 0 Å².